The van der Waals surface area contributed by atoms with E-state index in [4.69, 9.17) is 16.3 Å². The van der Waals surface area contributed by atoms with Crippen LogP contribution in [0.5, 0.6) is 5.88 Å². The van der Waals surface area contributed by atoms with E-state index in [2.05, 4.69) is 15.3 Å². The molecule has 0 spiro atoms. The quantitative estimate of drug-likeness (QED) is 0.593. The molecule has 2 aromatic rings. The van der Waals surface area contributed by atoms with Gasteiger partial charge in [0.1, 0.15) is 10.8 Å². The second-order valence-corrected chi connectivity index (χ2v) is 8.30. The van der Waals surface area contributed by atoms with Crippen molar-refractivity contribution in [2.24, 2.45) is 5.92 Å². The molecule has 0 aliphatic rings. The molecule has 0 aliphatic heterocycles. The number of pyridine rings is 2. The van der Waals surface area contributed by atoms with Crippen LogP contribution in [0, 0.1) is 12.8 Å². The Morgan fingerprint density at radius 3 is 2.48 bits per heavy atom. The lowest BCUT2D eigenvalue weighted by atomic mass is 10.0. The Hall–Kier alpha value is -2.61. The van der Waals surface area contributed by atoms with E-state index in [1.165, 1.54) is 12.3 Å². The van der Waals surface area contributed by atoms with Crippen molar-refractivity contribution in [3.63, 3.8) is 0 Å². The van der Waals surface area contributed by atoms with Gasteiger partial charge >= 0.3 is 0 Å². The Morgan fingerprint density at radius 1 is 1.23 bits per heavy atom. The molecular formula is C22H26ClF2N3O3. The van der Waals surface area contributed by atoms with Gasteiger partial charge in [0.2, 0.25) is 5.88 Å². The van der Waals surface area contributed by atoms with Crippen molar-refractivity contribution in [3.05, 3.63) is 51.9 Å². The van der Waals surface area contributed by atoms with Gasteiger partial charge in [-0.1, -0.05) is 25.4 Å². The van der Waals surface area contributed by atoms with Gasteiger partial charge < -0.3 is 10.1 Å². The first-order valence-corrected chi connectivity index (χ1v) is 10.2. The van der Waals surface area contributed by atoms with Gasteiger partial charge in [-0.15, -0.1) is 0 Å². The lowest BCUT2D eigenvalue weighted by Gasteiger charge is -2.17. The van der Waals surface area contributed by atoms with Gasteiger partial charge in [-0.25, -0.2) is 13.8 Å². The summed E-state index contributed by atoms with van der Waals surface area (Å²) in [6.07, 6.45) is 1.44. The lowest BCUT2D eigenvalue weighted by molar-refractivity contribution is -0.121. The number of aromatic nitrogens is 2. The SMILES string of the molecule is Cc1cc(C(C)NC(=O)c2cnc(OCC(C)(F)F)c(Cl)c2)cc(CC(=O)C(C)C)n1. The summed E-state index contributed by atoms with van der Waals surface area (Å²) in [5.41, 5.74) is 2.35. The fraction of sp³-hybridized carbons (Fsp3) is 0.455. The van der Waals surface area contributed by atoms with Crippen molar-refractivity contribution < 1.29 is 23.1 Å². The van der Waals surface area contributed by atoms with E-state index in [1.807, 2.05) is 26.8 Å². The first-order valence-electron chi connectivity index (χ1n) is 9.83. The van der Waals surface area contributed by atoms with Crippen molar-refractivity contribution in [3.8, 4) is 5.88 Å². The molecule has 2 heterocycles. The number of carbonyl (C=O) groups is 2. The van der Waals surface area contributed by atoms with Crippen LogP contribution >= 0.6 is 11.6 Å². The number of hydrogen-bond donors (Lipinski definition) is 1. The first kappa shape index (κ1) is 24.7. The minimum atomic E-state index is -3.03. The maximum atomic E-state index is 12.9. The average molecular weight is 454 g/mol. The van der Waals surface area contributed by atoms with E-state index >= 15 is 0 Å². The van der Waals surface area contributed by atoms with Crippen LogP contribution in [-0.2, 0) is 11.2 Å². The molecule has 0 saturated carbocycles. The van der Waals surface area contributed by atoms with Crippen LogP contribution < -0.4 is 10.1 Å². The minimum absolute atomic E-state index is 0.0428. The van der Waals surface area contributed by atoms with Crippen LogP contribution in [0.3, 0.4) is 0 Å². The van der Waals surface area contributed by atoms with Crippen LogP contribution in [0.4, 0.5) is 8.78 Å². The minimum Gasteiger partial charge on any atom is -0.470 e. The zero-order valence-electron chi connectivity index (χ0n) is 18.1. The molecule has 6 nitrogen and oxygen atoms in total. The number of rotatable bonds is 9. The fourth-order valence-corrected chi connectivity index (χ4v) is 2.92. The largest absolute Gasteiger partial charge is 0.470 e. The summed E-state index contributed by atoms with van der Waals surface area (Å²) in [6.45, 7) is 7.15. The summed E-state index contributed by atoms with van der Waals surface area (Å²) >= 11 is 6.02. The van der Waals surface area contributed by atoms with E-state index in [0.717, 1.165) is 18.2 Å². The number of nitrogens with zero attached hydrogens (tertiary/aromatic N) is 2. The van der Waals surface area contributed by atoms with Crippen molar-refractivity contribution in [2.75, 3.05) is 6.61 Å². The first-order chi connectivity index (χ1) is 14.4. The number of halogens is 3. The molecule has 1 atom stereocenters. The van der Waals surface area contributed by atoms with Gasteiger partial charge in [-0.3, -0.25) is 14.6 Å². The molecular weight excluding hydrogens is 428 g/mol. The predicted octanol–water partition coefficient (Wildman–Crippen LogP) is 4.73. The maximum Gasteiger partial charge on any atom is 0.278 e. The highest BCUT2D eigenvalue weighted by Gasteiger charge is 2.23. The highest BCUT2D eigenvalue weighted by molar-refractivity contribution is 6.32. The monoisotopic (exact) mass is 453 g/mol. The summed E-state index contributed by atoms with van der Waals surface area (Å²) in [4.78, 5) is 32.9. The van der Waals surface area contributed by atoms with Crippen molar-refractivity contribution in [1.82, 2.24) is 15.3 Å². The number of Topliss-reactive ketones (excluding diaryl/α,β-unsaturated/α-hetero) is 1. The van der Waals surface area contributed by atoms with Gasteiger partial charge in [0.25, 0.3) is 11.8 Å². The third kappa shape index (κ3) is 7.54. The van der Waals surface area contributed by atoms with Crippen molar-refractivity contribution in [1.29, 1.82) is 0 Å². The Balaban J connectivity index is 2.11. The van der Waals surface area contributed by atoms with E-state index in [0.29, 0.717) is 5.69 Å². The molecule has 0 saturated heterocycles. The Labute approximate surface area is 185 Å². The number of amides is 1. The molecule has 2 rings (SSSR count). The van der Waals surface area contributed by atoms with Gasteiger partial charge in [-0.2, -0.15) is 0 Å². The number of carbonyl (C=O) groups excluding carboxylic acids is 2. The number of ketones is 1. The second kappa shape index (κ2) is 10.1. The van der Waals surface area contributed by atoms with Gasteiger partial charge in [0.15, 0.2) is 6.61 Å². The number of ether oxygens (including phenoxy) is 1. The standard InChI is InChI=1S/C22H26ClF2N3O3/c1-12(2)19(29)9-17-7-15(6-13(3)27-17)14(4)28-20(30)16-8-18(23)21(26-10-16)31-11-22(5,24)25/h6-8,10,12,14H,9,11H2,1-5H3,(H,28,30). The Morgan fingerprint density at radius 2 is 1.90 bits per heavy atom. The average Bonchev–Trinajstić information content (AvgIpc) is 2.65. The van der Waals surface area contributed by atoms with Crippen LogP contribution in [-0.4, -0.2) is 34.2 Å². The molecule has 0 aliphatic carbocycles. The summed E-state index contributed by atoms with van der Waals surface area (Å²) in [5.74, 6) is -3.64. The zero-order valence-corrected chi connectivity index (χ0v) is 18.9. The number of aryl methyl sites for hydroxylation is 1. The van der Waals surface area contributed by atoms with E-state index in [-0.39, 0.29) is 40.6 Å². The molecule has 9 heteroatoms. The zero-order chi connectivity index (χ0) is 23.3. The Kier molecular flexibility index (Phi) is 8.06. The predicted molar refractivity (Wildman–Crippen MR) is 114 cm³/mol. The molecule has 0 fully saturated rings. The van der Waals surface area contributed by atoms with Crippen molar-refractivity contribution >= 4 is 23.3 Å². The molecule has 0 aromatic carbocycles. The third-order valence-corrected chi connectivity index (χ3v) is 4.68. The number of nitrogens with one attached hydrogen (secondary N) is 1. The molecule has 31 heavy (non-hydrogen) atoms. The molecule has 0 bridgehead atoms. The van der Waals surface area contributed by atoms with Gasteiger partial charge in [0, 0.05) is 36.8 Å². The van der Waals surface area contributed by atoms with Crippen LogP contribution in [0.25, 0.3) is 0 Å². The summed E-state index contributed by atoms with van der Waals surface area (Å²) < 4.78 is 30.8. The smallest absolute Gasteiger partial charge is 0.278 e. The van der Waals surface area contributed by atoms with Crippen LogP contribution in [0.15, 0.2) is 24.4 Å². The highest BCUT2D eigenvalue weighted by Crippen LogP contribution is 2.25. The number of hydrogen-bond acceptors (Lipinski definition) is 5. The van der Waals surface area contributed by atoms with E-state index < -0.39 is 18.4 Å². The highest BCUT2D eigenvalue weighted by atomic mass is 35.5. The van der Waals surface area contributed by atoms with Crippen molar-refractivity contribution in [2.45, 2.75) is 53.0 Å². The molecule has 2 aromatic heterocycles. The number of alkyl halides is 2. The lowest BCUT2D eigenvalue weighted by Crippen LogP contribution is -2.27. The van der Waals surface area contributed by atoms with Crippen LogP contribution in [0.2, 0.25) is 5.02 Å². The maximum absolute atomic E-state index is 12.9. The second-order valence-electron chi connectivity index (χ2n) is 7.90. The fourth-order valence-electron chi connectivity index (χ4n) is 2.70. The molecule has 1 unspecified atom stereocenters. The van der Waals surface area contributed by atoms with Crippen LogP contribution in [0.1, 0.15) is 61.0 Å². The molecule has 1 N–H and O–H groups in total. The van der Waals surface area contributed by atoms with Gasteiger partial charge in [-0.05, 0) is 37.6 Å². The molecule has 168 valence electrons. The molecule has 1 amide bonds. The summed E-state index contributed by atoms with van der Waals surface area (Å²) in [6, 6.07) is 4.56. The normalized spacial score (nSPS) is 12.5. The van der Waals surface area contributed by atoms with E-state index in [9.17, 15) is 18.4 Å². The topological polar surface area (TPSA) is 81.2 Å². The Bertz CT molecular complexity index is 962. The third-order valence-electron chi connectivity index (χ3n) is 4.41. The summed E-state index contributed by atoms with van der Waals surface area (Å²) in [7, 11) is 0. The molecule has 0 radical (unpaired) electrons. The van der Waals surface area contributed by atoms with Gasteiger partial charge in [0.05, 0.1) is 11.6 Å². The summed E-state index contributed by atoms with van der Waals surface area (Å²) in [5, 5.41) is 2.79. The van der Waals surface area contributed by atoms with E-state index in [1.54, 1.807) is 13.0 Å².